The fourth-order valence-electron chi connectivity index (χ4n) is 5.14. The number of carbonyl (C=O) groups excluding carboxylic acids is 1. The van der Waals surface area contributed by atoms with Gasteiger partial charge in [-0.15, -0.1) is 0 Å². The summed E-state index contributed by atoms with van der Waals surface area (Å²) in [6.45, 7) is 6.59. The van der Waals surface area contributed by atoms with Gasteiger partial charge in [-0.1, -0.05) is 6.07 Å². The van der Waals surface area contributed by atoms with E-state index in [1.807, 2.05) is 31.5 Å². The zero-order valence-electron chi connectivity index (χ0n) is 20.1. The molecule has 1 aliphatic heterocycles. The van der Waals surface area contributed by atoms with Gasteiger partial charge in [-0.05, 0) is 50.9 Å². The van der Waals surface area contributed by atoms with E-state index in [2.05, 4.69) is 43.4 Å². The summed E-state index contributed by atoms with van der Waals surface area (Å²) in [7, 11) is 2.17. The second kappa shape index (κ2) is 10.1. The molecule has 9 heteroatoms. The maximum Gasteiger partial charge on any atom is 0.320 e. The zero-order valence-corrected chi connectivity index (χ0v) is 20.1. The van der Waals surface area contributed by atoms with Crippen LogP contribution in [0.5, 0.6) is 0 Å². The molecule has 1 saturated heterocycles. The van der Waals surface area contributed by atoms with Gasteiger partial charge in [-0.2, -0.15) is 0 Å². The van der Waals surface area contributed by atoms with E-state index in [1.165, 1.54) is 17.7 Å². The first-order chi connectivity index (χ1) is 16.6. The summed E-state index contributed by atoms with van der Waals surface area (Å²) >= 11 is 0. The molecule has 0 spiro atoms. The Bertz CT molecular complexity index is 1140. The van der Waals surface area contributed by atoms with Crippen molar-refractivity contribution in [1.29, 1.82) is 0 Å². The predicted molar refractivity (Wildman–Crippen MR) is 130 cm³/mol. The molecular weight excluding hydrogens is 430 g/mol. The third-order valence-corrected chi connectivity index (χ3v) is 6.83. The van der Waals surface area contributed by atoms with Gasteiger partial charge in [-0.25, -0.2) is 9.97 Å². The van der Waals surface area contributed by atoms with Crippen LogP contribution in [-0.2, 0) is 22.5 Å². The van der Waals surface area contributed by atoms with Crippen LogP contribution in [0, 0.1) is 0 Å². The minimum absolute atomic E-state index is 0.157. The Hall–Kier alpha value is -3.04. The lowest BCUT2D eigenvalue weighted by atomic mass is 9.91. The maximum absolute atomic E-state index is 11.8. The van der Waals surface area contributed by atoms with Gasteiger partial charge in [-0.3, -0.25) is 24.0 Å². The van der Waals surface area contributed by atoms with Crippen molar-refractivity contribution >= 4 is 17.6 Å². The molecule has 4 heterocycles. The van der Waals surface area contributed by atoms with Gasteiger partial charge in [0.05, 0.1) is 30.6 Å². The van der Waals surface area contributed by atoms with Crippen LogP contribution in [0.1, 0.15) is 42.8 Å². The first-order valence-electron chi connectivity index (χ1n) is 12.2. The van der Waals surface area contributed by atoms with Crippen LogP contribution >= 0.6 is 0 Å². The van der Waals surface area contributed by atoms with Crippen LogP contribution in [-0.4, -0.2) is 81.5 Å². The number of imidazole rings is 1. The van der Waals surface area contributed by atoms with E-state index in [0.29, 0.717) is 19.2 Å². The van der Waals surface area contributed by atoms with E-state index in [4.69, 9.17) is 14.7 Å². The van der Waals surface area contributed by atoms with Gasteiger partial charge in [0, 0.05) is 51.3 Å². The highest BCUT2D eigenvalue weighted by Gasteiger charge is 2.26. The number of hydrogen-bond donors (Lipinski definition) is 0. The number of pyridine rings is 1. The molecule has 0 N–H and O–H groups in total. The molecule has 0 radical (unpaired) electrons. The van der Waals surface area contributed by atoms with Crippen LogP contribution in [0.2, 0.25) is 0 Å². The standard InChI is InChI=1S/C25H33N7O2/c1-3-34-23(33)18-30-12-14-31(15-13-30)25-27-11-9-22-28-20(17-32(22)25)16-29(2)21-8-4-6-19-7-5-10-26-24(19)21/h5,7,9-11,17,21H,3-4,6,8,12-16,18H2,1-2H3. The molecule has 1 aliphatic carbocycles. The number of ether oxygens (including phenoxy) is 1. The average molecular weight is 464 g/mol. The zero-order chi connectivity index (χ0) is 23.5. The van der Waals surface area contributed by atoms with Crippen molar-refractivity contribution in [1.82, 2.24) is 29.2 Å². The van der Waals surface area contributed by atoms with E-state index in [0.717, 1.165) is 62.9 Å². The van der Waals surface area contributed by atoms with Gasteiger partial charge in [0.25, 0.3) is 0 Å². The molecule has 9 nitrogen and oxygen atoms in total. The SMILES string of the molecule is CCOC(=O)CN1CCN(c2nccc3nc(CN(C)C4CCCc5cccnc54)cn23)CC1. The fourth-order valence-corrected chi connectivity index (χ4v) is 5.14. The highest BCUT2D eigenvalue weighted by Crippen LogP contribution is 2.32. The quantitative estimate of drug-likeness (QED) is 0.494. The topological polar surface area (TPSA) is 79.1 Å². The number of anilines is 1. The summed E-state index contributed by atoms with van der Waals surface area (Å²) in [6, 6.07) is 6.52. The van der Waals surface area contributed by atoms with E-state index in [9.17, 15) is 4.79 Å². The van der Waals surface area contributed by atoms with Gasteiger partial charge >= 0.3 is 5.97 Å². The lowest BCUT2D eigenvalue weighted by molar-refractivity contribution is -0.144. The van der Waals surface area contributed by atoms with Crippen molar-refractivity contribution in [3.63, 3.8) is 0 Å². The minimum Gasteiger partial charge on any atom is -0.465 e. The third kappa shape index (κ3) is 4.76. The molecule has 1 unspecified atom stereocenters. The number of aromatic nitrogens is 4. The molecule has 1 atom stereocenters. The lowest BCUT2D eigenvalue weighted by Crippen LogP contribution is -2.48. The largest absolute Gasteiger partial charge is 0.465 e. The Kier molecular flexibility index (Phi) is 6.73. The molecule has 0 aromatic carbocycles. The monoisotopic (exact) mass is 463 g/mol. The number of rotatable bonds is 7. The first-order valence-corrected chi connectivity index (χ1v) is 12.2. The predicted octanol–water partition coefficient (Wildman–Crippen LogP) is 2.32. The molecular formula is C25H33N7O2. The number of hydrogen-bond acceptors (Lipinski definition) is 8. The molecule has 0 saturated carbocycles. The second-order valence-electron chi connectivity index (χ2n) is 9.14. The van der Waals surface area contributed by atoms with Crippen molar-refractivity contribution < 1.29 is 9.53 Å². The Morgan fingerprint density at radius 2 is 2.03 bits per heavy atom. The van der Waals surface area contributed by atoms with Crippen molar-refractivity contribution in [2.75, 3.05) is 51.3 Å². The summed E-state index contributed by atoms with van der Waals surface area (Å²) in [5.74, 6) is 0.745. The lowest BCUT2D eigenvalue weighted by Gasteiger charge is -2.34. The summed E-state index contributed by atoms with van der Waals surface area (Å²) in [4.78, 5) is 32.8. The Morgan fingerprint density at radius 1 is 1.18 bits per heavy atom. The smallest absolute Gasteiger partial charge is 0.320 e. The molecule has 180 valence electrons. The number of fused-ring (bicyclic) bond motifs is 2. The van der Waals surface area contributed by atoms with E-state index in [1.54, 1.807) is 0 Å². The first kappa shape index (κ1) is 22.7. The maximum atomic E-state index is 11.8. The third-order valence-electron chi connectivity index (χ3n) is 6.83. The summed E-state index contributed by atoms with van der Waals surface area (Å²) < 4.78 is 7.18. The van der Waals surface area contributed by atoms with Gasteiger partial charge in [0.15, 0.2) is 0 Å². The molecule has 5 rings (SSSR count). The molecule has 34 heavy (non-hydrogen) atoms. The number of esters is 1. The summed E-state index contributed by atoms with van der Waals surface area (Å²) in [5.41, 5.74) is 4.52. The Morgan fingerprint density at radius 3 is 2.85 bits per heavy atom. The van der Waals surface area contributed by atoms with Crippen LogP contribution < -0.4 is 4.90 Å². The number of carbonyl (C=O) groups is 1. The van der Waals surface area contributed by atoms with Crippen LogP contribution in [0.15, 0.2) is 36.8 Å². The van der Waals surface area contributed by atoms with E-state index in [-0.39, 0.29) is 5.97 Å². The minimum atomic E-state index is -0.157. The number of piperazine rings is 1. The molecule has 1 fully saturated rings. The summed E-state index contributed by atoms with van der Waals surface area (Å²) in [6.07, 6.45) is 9.27. The van der Waals surface area contributed by atoms with Crippen molar-refractivity contribution in [3.05, 3.63) is 53.7 Å². The average Bonchev–Trinajstić information content (AvgIpc) is 3.27. The van der Waals surface area contributed by atoms with E-state index >= 15 is 0 Å². The van der Waals surface area contributed by atoms with Crippen molar-refractivity contribution in [2.45, 2.75) is 38.8 Å². The van der Waals surface area contributed by atoms with Gasteiger partial charge < -0.3 is 9.64 Å². The molecule has 2 aliphatic rings. The van der Waals surface area contributed by atoms with E-state index < -0.39 is 0 Å². The van der Waals surface area contributed by atoms with Crippen molar-refractivity contribution in [3.8, 4) is 0 Å². The number of aryl methyl sites for hydroxylation is 1. The normalized spacial score (nSPS) is 18.9. The van der Waals surface area contributed by atoms with Crippen LogP contribution in [0.4, 0.5) is 5.95 Å². The highest BCUT2D eigenvalue weighted by atomic mass is 16.5. The Balaban J connectivity index is 1.28. The Labute approximate surface area is 200 Å². The molecule has 0 bridgehead atoms. The summed E-state index contributed by atoms with van der Waals surface area (Å²) in [5, 5.41) is 0. The van der Waals surface area contributed by atoms with Crippen LogP contribution in [0.25, 0.3) is 5.65 Å². The molecule has 3 aromatic heterocycles. The second-order valence-corrected chi connectivity index (χ2v) is 9.14. The molecule has 0 amide bonds. The van der Waals surface area contributed by atoms with Crippen LogP contribution in [0.3, 0.4) is 0 Å². The molecule has 3 aromatic rings. The highest BCUT2D eigenvalue weighted by molar-refractivity contribution is 5.71. The fraction of sp³-hybridized carbons (Fsp3) is 0.520. The van der Waals surface area contributed by atoms with Gasteiger partial charge in [0.2, 0.25) is 5.95 Å². The number of nitrogens with zero attached hydrogens (tertiary/aromatic N) is 7. The van der Waals surface area contributed by atoms with Crippen molar-refractivity contribution in [2.24, 2.45) is 0 Å². The van der Waals surface area contributed by atoms with Gasteiger partial charge in [0.1, 0.15) is 5.65 Å².